The fourth-order valence-corrected chi connectivity index (χ4v) is 2.89. The number of rotatable bonds is 2. The summed E-state index contributed by atoms with van der Waals surface area (Å²) in [6, 6.07) is 2.50. The van der Waals surface area contributed by atoms with Crippen LogP contribution in [0.15, 0.2) is 24.3 Å². The third-order valence-electron chi connectivity index (χ3n) is 2.13. The smallest absolute Gasteiger partial charge is 0.211 e. The first-order valence-electron chi connectivity index (χ1n) is 4.51. The van der Waals surface area contributed by atoms with Crippen molar-refractivity contribution in [2.45, 2.75) is 17.6 Å². The van der Waals surface area contributed by atoms with Gasteiger partial charge in [0.05, 0.1) is 5.56 Å². The Hall–Kier alpha value is -0.960. The van der Waals surface area contributed by atoms with Crippen LogP contribution in [0.5, 0.6) is 0 Å². The van der Waals surface area contributed by atoms with Crippen molar-refractivity contribution in [1.29, 1.82) is 0 Å². The van der Waals surface area contributed by atoms with Crippen LogP contribution in [0.3, 0.4) is 0 Å². The predicted molar refractivity (Wildman–Crippen MR) is 55.0 cm³/mol. The Morgan fingerprint density at radius 2 is 1.47 bits per heavy atom. The molecule has 0 fully saturated rings. The standard InChI is InChI=1S/C9H5ClF6O2S/c10-19(17,18)7(9(14,15)16)5-3-1-2-4-6(5)8(11,12)13/h1-4,7H. The summed E-state index contributed by atoms with van der Waals surface area (Å²) in [4.78, 5) is 0. The van der Waals surface area contributed by atoms with Gasteiger partial charge in [0, 0.05) is 10.7 Å². The summed E-state index contributed by atoms with van der Waals surface area (Å²) in [5, 5.41) is -3.43. The van der Waals surface area contributed by atoms with Crippen molar-refractivity contribution in [3.05, 3.63) is 35.4 Å². The summed E-state index contributed by atoms with van der Waals surface area (Å²) in [6.45, 7) is 0. The maximum absolute atomic E-state index is 12.6. The van der Waals surface area contributed by atoms with Crippen LogP contribution in [0, 0.1) is 0 Å². The second-order valence-corrected chi connectivity index (χ2v) is 6.20. The molecule has 108 valence electrons. The molecule has 0 amide bonds. The first-order valence-corrected chi connectivity index (χ1v) is 6.88. The lowest BCUT2D eigenvalue weighted by Gasteiger charge is -2.21. The van der Waals surface area contributed by atoms with Crippen molar-refractivity contribution in [3.8, 4) is 0 Å². The molecule has 1 unspecified atom stereocenters. The van der Waals surface area contributed by atoms with E-state index >= 15 is 0 Å². The molecule has 0 aliphatic rings. The molecular weight excluding hydrogens is 322 g/mol. The maximum Gasteiger partial charge on any atom is 0.416 e. The van der Waals surface area contributed by atoms with Crippen molar-refractivity contribution in [2.24, 2.45) is 0 Å². The molecule has 0 saturated heterocycles. The predicted octanol–water partition coefficient (Wildman–Crippen LogP) is 3.88. The quantitative estimate of drug-likeness (QED) is 0.610. The van der Waals surface area contributed by atoms with Crippen LogP contribution >= 0.6 is 10.7 Å². The molecule has 19 heavy (non-hydrogen) atoms. The zero-order chi connectivity index (χ0) is 15.1. The van der Waals surface area contributed by atoms with Crippen LogP contribution in [0.4, 0.5) is 26.3 Å². The van der Waals surface area contributed by atoms with Gasteiger partial charge in [-0.25, -0.2) is 8.42 Å². The van der Waals surface area contributed by atoms with E-state index < -0.39 is 37.8 Å². The fraction of sp³-hybridized carbons (Fsp3) is 0.333. The van der Waals surface area contributed by atoms with Crippen molar-refractivity contribution >= 4 is 19.7 Å². The maximum atomic E-state index is 12.6. The molecule has 0 radical (unpaired) electrons. The first-order chi connectivity index (χ1) is 8.35. The number of alkyl halides is 6. The Balaban J connectivity index is 3.59. The molecule has 0 spiro atoms. The van der Waals surface area contributed by atoms with E-state index in [1.807, 2.05) is 0 Å². The van der Waals surface area contributed by atoms with Crippen molar-refractivity contribution < 1.29 is 34.8 Å². The average Bonchev–Trinajstić information content (AvgIpc) is 2.11. The van der Waals surface area contributed by atoms with Crippen LogP contribution < -0.4 is 0 Å². The number of hydrogen-bond acceptors (Lipinski definition) is 2. The third-order valence-corrected chi connectivity index (χ3v) is 3.75. The van der Waals surface area contributed by atoms with Gasteiger partial charge in [0.25, 0.3) is 0 Å². The van der Waals surface area contributed by atoms with Crippen molar-refractivity contribution in [1.82, 2.24) is 0 Å². The van der Waals surface area contributed by atoms with Gasteiger partial charge in [-0.2, -0.15) is 26.3 Å². The van der Waals surface area contributed by atoms with E-state index in [0.717, 1.165) is 12.1 Å². The second-order valence-electron chi connectivity index (χ2n) is 3.48. The number of benzene rings is 1. The highest BCUT2D eigenvalue weighted by atomic mass is 35.7. The second kappa shape index (κ2) is 4.86. The molecule has 0 aliphatic carbocycles. The summed E-state index contributed by atoms with van der Waals surface area (Å²) < 4.78 is 97.5. The van der Waals surface area contributed by atoms with Crippen LogP contribution in [0.25, 0.3) is 0 Å². The highest BCUT2D eigenvalue weighted by molar-refractivity contribution is 8.14. The molecule has 0 bridgehead atoms. The molecular formula is C9H5ClF6O2S. The van der Waals surface area contributed by atoms with E-state index in [9.17, 15) is 34.8 Å². The molecule has 0 N–H and O–H groups in total. The van der Waals surface area contributed by atoms with Crippen LogP contribution in [-0.4, -0.2) is 14.6 Å². The highest BCUT2D eigenvalue weighted by Crippen LogP contribution is 2.45. The van der Waals surface area contributed by atoms with Crippen LogP contribution in [-0.2, 0) is 15.2 Å². The molecule has 1 atom stereocenters. The van der Waals surface area contributed by atoms with Gasteiger partial charge in [-0.15, -0.1) is 0 Å². The number of halogens is 7. The van der Waals surface area contributed by atoms with Gasteiger partial charge in [-0.3, -0.25) is 0 Å². The Morgan fingerprint density at radius 1 is 1.00 bits per heavy atom. The lowest BCUT2D eigenvalue weighted by molar-refractivity contribution is -0.144. The molecule has 1 aromatic rings. The van der Waals surface area contributed by atoms with E-state index in [2.05, 4.69) is 10.7 Å². The van der Waals surface area contributed by atoms with E-state index in [0.29, 0.717) is 12.1 Å². The molecule has 0 saturated carbocycles. The summed E-state index contributed by atoms with van der Waals surface area (Å²) in [5.74, 6) is 0. The Bertz CT molecular complexity index is 563. The highest BCUT2D eigenvalue weighted by Gasteiger charge is 2.52. The van der Waals surface area contributed by atoms with Crippen molar-refractivity contribution in [2.75, 3.05) is 0 Å². The largest absolute Gasteiger partial charge is 0.416 e. The summed E-state index contributed by atoms with van der Waals surface area (Å²) in [7, 11) is -0.686. The van der Waals surface area contributed by atoms with Crippen LogP contribution in [0.1, 0.15) is 16.4 Å². The molecule has 2 nitrogen and oxygen atoms in total. The van der Waals surface area contributed by atoms with Gasteiger partial charge in [-0.1, -0.05) is 18.2 Å². The summed E-state index contributed by atoms with van der Waals surface area (Å²) in [5.41, 5.74) is -3.14. The Labute approximate surface area is 108 Å². The van der Waals surface area contributed by atoms with E-state index in [-0.39, 0.29) is 0 Å². The Kier molecular flexibility index (Phi) is 4.12. The van der Waals surface area contributed by atoms with Gasteiger partial charge in [-0.05, 0) is 11.6 Å². The summed E-state index contributed by atoms with van der Waals surface area (Å²) in [6.07, 6.45) is -10.6. The molecule has 1 aromatic carbocycles. The van der Waals surface area contributed by atoms with Gasteiger partial charge >= 0.3 is 12.4 Å². The fourth-order valence-electron chi connectivity index (χ4n) is 1.47. The lowest BCUT2D eigenvalue weighted by atomic mass is 10.0. The molecule has 10 heteroatoms. The minimum atomic E-state index is -5.46. The number of hydrogen-bond donors (Lipinski definition) is 0. The topological polar surface area (TPSA) is 34.1 Å². The molecule has 0 aromatic heterocycles. The zero-order valence-electron chi connectivity index (χ0n) is 8.76. The van der Waals surface area contributed by atoms with E-state index in [1.165, 1.54) is 0 Å². The van der Waals surface area contributed by atoms with Gasteiger partial charge in [0.15, 0.2) is 5.25 Å². The van der Waals surface area contributed by atoms with E-state index in [1.54, 1.807) is 0 Å². The normalized spacial score (nSPS) is 15.3. The van der Waals surface area contributed by atoms with Gasteiger partial charge in [0.1, 0.15) is 0 Å². The monoisotopic (exact) mass is 326 g/mol. The van der Waals surface area contributed by atoms with E-state index in [4.69, 9.17) is 0 Å². The third kappa shape index (κ3) is 3.75. The average molecular weight is 327 g/mol. The molecule has 1 rings (SSSR count). The van der Waals surface area contributed by atoms with Crippen LogP contribution in [0.2, 0.25) is 0 Å². The SMILES string of the molecule is O=S(=O)(Cl)C(c1ccccc1C(F)(F)F)C(F)(F)F. The minimum absolute atomic E-state index is 0.357. The minimum Gasteiger partial charge on any atom is -0.211 e. The lowest BCUT2D eigenvalue weighted by Crippen LogP contribution is -2.28. The molecule has 0 heterocycles. The van der Waals surface area contributed by atoms with Crippen molar-refractivity contribution in [3.63, 3.8) is 0 Å². The summed E-state index contributed by atoms with van der Waals surface area (Å²) >= 11 is 0. The van der Waals surface area contributed by atoms with Gasteiger partial charge < -0.3 is 0 Å². The Morgan fingerprint density at radius 3 is 1.84 bits per heavy atom. The first kappa shape index (κ1) is 16.1. The molecule has 0 aliphatic heterocycles. The van der Waals surface area contributed by atoms with Gasteiger partial charge in [0.2, 0.25) is 9.05 Å². The zero-order valence-corrected chi connectivity index (χ0v) is 10.3.